The maximum absolute atomic E-state index is 9.63. The van der Waals surface area contributed by atoms with Gasteiger partial charge in [-0.15, -0.1) is 0 Å². The summed E-state index contributed by atoms with van der Waals surface area (Å²) in [5, 5.41) is 45.7. The van der Waals surface area contributed by atoms with E-state index < -0.39 is 6.10 Å². The summed E-state index contributed by atoms with van der Waals surface area (Å²) < 4.78 is 10.9. The van der Waals surface area contributed by atoms with Crippen LogP contribution in [0, 0.1) is 22.7 Å². The predicted molar refractivity (Wildman–Crippen MR) is 201 cm³/mol. The Kier molecular flexibility index (Phi) is 13.8. The van der Waals surface area contributed by atoms with Crippen molar-refractivity contribution in [2.24, 2.45) is 0 Å². The molecule has 0 saturated carbocycles. The molecule has 3 atom stereocenters. The molecule has 0 amide bonds. The van der Waals surface area contributed by atoms with Crippen LogP contribution < -0.4 is 29.9 Å². The van der Waals surface area contributed by atoms with E-state index in [1.54, 1.807) is 19.1 Å². The first-order chi connectivity index (χ1) is 24.8. The second-order valence-electron chi connectivity index (χ2n) is 12.2. The Labute approximate surface area is 309 Å². The molecular formula is C39H42Cl2N6O4. The number of piperazine rings is 2. The Morgan fingerprint density at radius 3 is 1.61 bits per heavy atom. The number of halogens is 2. The Bertz CT molecular complexity index is 1810. The van der Waals surface area contributed by atoms with Crippen LogP contribution in [0.15, 0.2) is 84.9 Å². The number of aliphatic hydroxyl groups excluding tert-OH is 2. The van der Waals surface area contributed by atoms with Crippen LogP contribution in [0.2, 0.25) is 10.0 Å². The van der Waals surface area contributed by atoms with Gasteiger partial charge in [0, 0.05) is 49.3 Å². The zero-order valence-corrected chi connectivity index (χ0v) is 29.9. The zero-order chi connectivity index (χ0) is 36.2. The first kappa shape index (κ1) is 37.7. The quantitative estimate of drug-likeness (QED) is 0.157. The number of nitrogens with one attached hydrogen (secondary N) is 2. The molecule has 4 N–H and O–H groups in total. The van der Waals surface area contributed by atoms with Gasteiger partial charge in [-0.1, -0.05) is 47.5 Å². The van der Waals surface area contributed by atoms with Crippen molar-refractivity contribution in [3.05, 3.63) is 117 Å². The highest BCUT2D eigenvalue weighted by Crippen LogP contribution is 2.35. The second-order valence-corrected chi connectivity index (χ2v) is 13.1. The number of nitrogens with zero attached hydrogens (tertiary/aromatic N) is 4. The van der Waals surface area contributed by atoms with E-state index in [-0.39, 0.29) is 31.9 Å². The van der Waals surface area contributed by atoms with E-state index in [1.165, 1.54) is 0 Å². The number of benzene rings is 4. The minimum Gasteiger partial charge on any atom is -0.491 e. The average Bonchev–Trinajstić information content (AvgIpc) is 3.17. The van der Waals surface area contributed by atoms with Gasteiger partial charge in [0.25, 0.3) is 0 Å². The molecule has 4 aromatic rings. The molecule has 6 rings (SSSR count). The minimum absolute atomic E-state index is 0.0555. The van der Waals surface area contributed by atoms with Crippen LogP contribution in [-0.4, -0.2) is 75.4 Å². The molecule has 10 nitrogen and oxygen atoms in total. The lowest BCUT2D eigenvalue weighted by atomic mass is 10.0. The van der Waals surface area contributed by atoms with Crippen molar-refractivity contribution >= 4 is 34.6 Å². The number of hydrogen-bond acceptors (Lipinski definition) is 10. The number of rotatable bonds is 10. The first-order valence-electron chi connectivity index (χ1n) is 16.9. The fourth-order valence-electron chi connectivity index (χ4n) is 6.22. The maximum atomic E-state index is 9.63. The van der Waals surface area contributed by atoms with Gasteiger partial charge >= 0.3 is 0 Å². The number of aliphatic hydroxyl groups is 2. The molecule has 2 saturated heterocycles. The number of anilines is 2. The van der Waals surface area contributed by atoms with Gasteiger partial charge in [-0.2, -0.15) is 10.5 Å². The lowest BCUT2D eigenvalue weighted by Crippen LogP contribution is -2.46. The van der Waals surface area contributed by atoms with Crippen LogP contribution in [0.5, 0.6) is 11.5 Å². The summed E-state index contributed by atoms with van der Waals surface area (Å²) in [6, 6.07) is 31.4. The molecule has 2 aliphatic rings. The van der Waals surface area contributed by atoms with Crippen molar-refractivity contribution in [2.45, 2.75) is 25.1 Å². The van der Waals surface area contributed by atoms with Crippen molar-refractivity contribution in [3.8, 4) is 23.6 Å². The molecule has 2 heterocycles. The highest BCUT2D eigenvalue weighted by molar-refractivity contribution is 6.30. The third-order valence-corrected chi connectivity index (χ3v) is 9.15. The summed E-state index contributed by atoms with van der Waals surface area (Å²) in [6.45, 7) is 6.94. The zero-order valence-electron chi connectivity index (χ0n) is 28.4. The van der Waals surface area contributed by atoms with Crippen molar-refractivity contribution in [1.29, 1.82) is 10.5 Å². The van der Waals surface area contributed by atoms with Gasteiger partial charge in [0.2, 0.25) is 0 Å². The largest absolute Gasteiger partial charge is 0.491 e. The van der Waals surface area contributed by atoms with E-state index in [0.717, 1.165) is 61.8 Å². The smallest absolute Gasteiger partial charge is 0.120 e. The van der Waals surface area contributed by atoms with Crippen LogP contribution in [0.4, 0.5) is 11.4 Å². The van der Waals surface area contributed by atoms with Crippen molar-refractivity contribution in [3.63, 3.8) is 0 Å². The van der Waals surface area contributed by atoms with E-state index in [4.69, 9.17) is 37.8 Å². The molecule has 0 aromatic heterocycles. The third-order valence-electron chi connectivity index (χ3n) is 8.64. The van der Waals surface area contributed by atoms with E-state index in [1.807, 2.05) is 72.8 Å². The van der Waals surface area contributed by atoms with Gasteiger partial charge in [0.05, 0.1) is 47.3 Å². The van der Waals surface area contributed by atoms with Crippen molar-refractivity contribution < 1.29 is 19.7 Å². The summed E-state index contributed by atoms with van der Waals surface area (Å²) in [7, 11) is 0. The number of nitriles is 2. The van der Waals surface area contributed by atoms with E-state index in [2.05, 4.69) is 32.6 Å². The van der Waals surface area contributed by atoms with Crippen LogP contribution in [0.25, 0.3) is 0 Å². The van der Waals surface area contributed by atoms with Crippen LogP contribution in [0.3, 0.4) is 0 Å². The van der Waals surface area contributed by atoms with Gasteiger partial charge in [-0.3, -0.25) is 0 Å². The van der Waals surface area contributed by atoms with Gasteiger partial charge in [0.1, 0.15) is 36.9 Å². The Morgan fingerprint density at radius 1 is 0.745 bits per heavy atom. The summed E-state index contributed by atoms with van der Waals surface area (Å²) >= 11 is 12.0. The Morgan fingerprint density at radius 2 is 1.20 bits per heavy atom. The topological polar surface area (TPSA) is 137 Å². The maximum Gasteiger partial charge on any atom is 0.120 e. The number of ether oxygens (including phenoxy) is 2. The molecule has 0 aliphatic carbocycles. The van der Waals surface area contributed by atoms with Crippen LogP contribution >= 0.6 is 23.2 Å². The highest BCUT2D eigenvalue weighted by Gasteiger charge is 2.27. The molecule has 0 bridgehead atoms. The fourth-order valence-corrected chi connectivity index (χ4v) is 6.47. The SMILES string of the molecule is C[C@H](O)COc1ccc(N2CCNC[C@H]2c2ccc(Cl)cc2)c(C#N)c1.N#Cc1cc(OCCO)ccc1N1CCNC[C@H]1c1ccc(Cl)cc1. The first-order valence-corrected chi connectivity index (χ1v) is 17.6. The summed E-state index contributed by atoms with van der Waals surface area (Å²) in [5.41, 5.74) is 5.21. The Hall–Kier alpha value is -4.52. The molecule has 2 fully saturated rings. The number of hydrogen-bond donors (Lipinski definition) is 4. The third kappa shape index (κ3) is 10.1. The van der Waals surface area contributed by atoms with E-state index in [9.17, 15) is 15.6 Å². The lowest BCUT2D eigenvalue weighted by Gasteiger charge is -2.38. The second kappa shape index (κ2) is 18.6. The predicted octanol–water partition coefficient (Wildman–Crippen LogP) is 5.86. The molecule has 0 unspecified atom stereocenters. The summed E-state index contributed by atoms with van der Waals surface area (Å²) in [6.07, 6.45) is -0.553. The molecule has 2 aliphatic heterocycles. The average molecular weight is 730 g/mol. The van der Waals surface area contributed by atoms with Gasteiger partial charge in [0.15, 0.2) is 0 Å². The molecule has 4 aromatic carbocycles. The molecular weight excluding hydrogens is 687 g/mol. The van der Waals surface area contributed by atoms with Gasteiger partial charge < -0.3 is 40.1 Å². The van der Waals surface area contributed by atoms with Crippen LogP contribution in [0.1, 0.15) is 41.3 Å². The van der Waals surface area contributed by atoms with Gasteiger partial charge in [-0.25, -0.2) is 0 Å². The minimum atomic E-state index is -0.553. The Balaban J connectivity index is 0.000000198. The van der Waals surface area contributed by atoms with Crippen LogP contribution in [-0.2, 0) is 0 Å². The molecule has 0 spiro atoms. The normalized spacial score (nSPS) is 17.7. The van der Waals surface area contributed by atoms with Crippen molar-refractivity contribution in [1.82, 2.24) is 10.6 Å². The van der Waals surface area contributed by atoms with Gasteiger partial charge in [-0.05, 0) is 78.7 Å². The fraction of sp³-hybridized carbons (Fsp3) is 0.333. The van der Waals surface area contributed by atoms with Crippen molar-refractivity contribution in [2.75, 3.05) is 68.9 Å². The van der Waals surface area contributed by atoms with E-state index >= 15 is 0 Å². The summed E-state index contributed by atoms with van der Waals surface area (Å²) in [5.74, 6) is 1.18. The molecule has 266 valence electrons. The van der Waals surface area contributed by atoms with E-state index in [0.29, 0.717) is 32.7 Å². The lowest BCUT2D eigenvalue weighted by molar-refractivity contribution is 0.122. The summed E-state index contributed by atoms with van der Waals surface area (Å²) in [4.78, 5) is 4.49. The highest BCUT2D eigenvalue weighted by atomic mass is 35.5. The molecule has 51 heavy (non-hydrogen) atoms. The molecule has 0 radical (unpaired) electrons. The molecule has 12 heteroatoms. The standard InChI is InChI=1S/C20H22ClN3O2.C19H20ClN3O2/c1-14(25)13-26-18-6-7-19(16(10-18)11-22)24-9-8-23-12-20(24)15-2-4-17(21)5-3-15;20-16-3-1-14(2-4-16)19-13-22-7-8-23(19)18-6-5-17(25-10-9-24)11-15(18)12-21/h2-7,10,14,20,23,25H,8-9,12-13H2,1H3;1-6,11,19,22,24H,7-10,13H2/t14-,20-;19-/m00/s1. The monoisotopic (exact) mass is 728 g/mol.